The maximum Gasteiger partial charge on any atom is 0.416 e. The van der Waals surface area contributed by atoms with Crippen molar-refractivity contribution in [2.75, 3.05) is 5.32 Å². The maximum atomic E-state index is 13.2. The highest BCUT2D eigenvalue weighted by atomic mass is 19.4. The predicted molar refractivity (Wildman–Crippen MR) is 110 cm³/mol. The van der Waals surface area contributed by atoms with Crippen molar-refractivity contribution in [3.05, 3.63) is 47.7 Å². The second kappa shape index (κ2) is 8.85. The fourth-order valence-electron chi connectivity index (χ4n) is 4.26. The van der Waals surface area contributed by atoms with Gasteiger partial charge in [0, 0.05) is 17.8 Å². The average molecular weight is 472 g/mol. The molecule has 4 rings (SSSR count). The molecule has 1 aliphatic carbocycles. The molecule has 0 bridgehead atoms. The van der Waals surface area contributed by atoms with Gasteiger partial charge in [0.15, 0.2) is 0 Å². The Labute approximate surface area is 185 Å². The lowest BCUT2D eigenvalue weighted by Gasteiger charge is -2.20. The molecule has 1 aliphatic rings. The van der Waals surface area contributed by atoms with Crippen LogP contribution in [-0.2, 0) is 12.6 Å². The average Bonchev–Trinajstić information content (AvgIpc) is 3.11. The van der Waals surface area contributed by atoms with Crippen LogP contribution < -0.4 is 5.32 Å². The largest absolute Gasteiger partial charge is 0.416 e. The summed E-state index contributed by atoms with van der Waals surface area (Å²) < 4.78 is 80.5. The molecular formula is C22H22F6N4O. The predicted octanol–water partition coefficient (Wildman–Crippen LogP) is 5.63. The molecule has 0 aliphatic heterocycles. The van der Waals surface area contributed by atoms with Crippen LogP contribution in [0.4, 0.5) is 32.3 Å². The lowest BCUT2D eigenvalue weighted by atomic mass is 9.98. The number of anilines is 1. The number of fused-ring (bicyclic) bond motifs is 1. The van der Waals surface area contributed by atoms with E-state index in [1.165, 1.54) is 0 Å². The molecule has 0 radical (unpaired) electrons. The van der Waals surface area contributed by atoms with Crippen LogP contribution in [-0.4, -0.2) is 38.0 Å². The zero-order valence-electron chi connectivity index (χ0n) is 17.4. The zero-order valence-corrected chi connectivity index (χ0v) is 17.4. The number of benzene rings is 1. The molecule has 2 aromatic heterocycles. The van der Waals surface area contributed by atoms with Crippen molar-refractivity contribution < 1.29 is 31.4 Å². The first kappa shape index (κ1) is 23.3. The van der Waals surface area contributed by atoms with Gasteiger partial charge in [-0.3, -0.25) is 4.40 Å². The van der Waals surface area contributed by atoms with E-state index in [0.717, 1.165) is 37.8 Å². The third kappa shape index (κ3) is 5.40. The third-order valence-corrected chi connectivity index (χ3v) is 5.77. The number of nitrogens with one attached hydrogen (secondary N) is 1. The van der Waals surface area contributed by atoms with Gasteiger partial charge in [0.05, 0.1) is 23.6 Å². The number of aliphatic hydroxyl groups excluding tert-OH is 1. The van der Waals surface area contributed by atoms with Crippen LogP contribution in [0, 0.1) is 0 Å². The molecule has 2 heterocycles. The van der Waals surface area contributed by atoms with Crippen molar-refractivity contribution in [1.82, 2.24) is 14.6 Å². The van der Waals surface area contributed by atoms with Gasteiger partial charge in [-0.15, -0.1) is 10.2 Å². The topological polar surface area (TPSA) is 62.5 Å². The summed E-state index contributed by atoms with van der Waals surface area (Å²) in [5.41, 5.74) is -1.28. The van der Waals surface area contributed by atoms with Crippen LogP contribution >= 0.6 is 0 Å². The fourth-order valence-corrected chi connectivity index (χ4v) is 4.26. The van der Waals surface area contributed by atoms with E-state index in [1.54, 1.807) is 22.7 Å². The Kier molecular flexibility index (Phi) is 6.26. The first-order chi connectivity index (χ1) is 15.5. The van der Waals surface area contributed by atoms with Gasteiger partial charge in [-0.1, -0.05) is 18.9 Å². The van der Waals surface area contributed by atoms with Crippen LogP contribution in [0.15, 0.2) is 36.5 Å². The van der Waals surface area contributed by atoms with E-state index < -0.39 is 36.0 Å². The van der Waals surface area contributed by atoms with E-state index in [1.807, 2.05) is 0 Å². The standard InChI is InChI=1S/C22H22F6N4O/c23-21(24,25)12-13-10-14(22(26,27)28)7-8-17(13)19-18-6-3-9-32(18)20(31-30-19)29-15-4-1-2-5-16(33)11-15/h3,6-10,15-16,33H,1-2,4-5,11-12H2,(H,29,31)/t15?,16-/m0/s1. The molecule has 11 heteroatoms. The van der Waals surface area contributed by atoms with E-state index >= 15 is 0 Å². The SMILES string of the molecule is O[C@H]1CCCCC(Nc2nnc(-c3ccc(C(F)(F)F)cc3CC(F)(F)F)c3cccn23)C1. The molecule has 1 aromatic carbocycles. The minimum atomic E-state index is -4.77. The van der Waals surface area contributed by atoms with Gasteiger partial charge < -0.3 is 10.4 Å². The lowest BCUT2D eigenvalue weighted by Crippen LogP contribution is -2.25. The maximum absolute atomic E-state index is 13.2. The summed E-state index contributed by atoms with van der Waals surface area (Å²) in [4.78, 5) is 0. The van der Waals surface area contributed by atoms with Crippen molar-refractivity contribution in [1.29, 1.82) is 0 Å². The second-order valence-electron chi connectivity index (χ2n) is 8.31. The Hall–Kier alpha value is -2.82. The van der Waals surface area contributed by atoms with Crippen molar-refractivity contribution in [2.24, 2.45) is 0 Å². The molecule has 2 N–H and O–H groups in total. The summed E-state index contributed by atoms with van der Waals surface area (Å²) in [5, 5.41) is 21.5. The number of alkyl halides is 6. The Morgan fingerprint density at radius 3 is 2.52 bits per heavy atom. The number of hydrogen-bond acceptors (Lipinski definition) is 4. The Balaban J connectivity index is 1.75. The molecule has 0 spiro atoms. The molecule has 1 saturated carbocycles. The Bertz CT molecular complexity index is 1120. The highest BCUT2D eigenvalue weighted by molar-refractivity contribution is 5.80. The number of aromatic nitrogens is 3. The molecule has 1 fully saturated rings. The number of aliphatic hydroxyl groups is 1. The van der Waals surface area contributed by atoms with Crippen LogP contribution in [0.25, 0.3) is 16.8 Å². The monoisotopic (exact) mass is 472 g/mol. The van der Waals surface area contributed by atoms with E-state index in [9.17, 15) is 31.4 Å². The van der Waals surface area contributed by atoms with Crippen molar-refractivity contribution in [3.63, 3.8) is 0 Å². The molecule has 33 heavy (non-hydrogen) atoms. The smallest absolute Gasteiger partial charge is 0.393 e. The summed E-state index contributed by atoms with van der Waals surface area (Å²) in [6, 6.07) is 5.49. The van der Waals surface area contributed by atoms with Gasteiger partial charge in [0.25, 0.3) is 0 Å². The number of halogens is 6. The Morgan fingerprint density at radius 2 is 1.79 bits per heavy atom. The van der Waals surface area contributed by atoms with Crippen LogP contribution in [0.5, 0.6) is 0 Å². The zero-order chi connectivity index (χ0) is 23.8. The van der Waals surface area contributed by atoms with E-state index in [4.69, 9.17) is 0 Å². The summed E-state index contributed by atoms with van der Waals surface area (Å²) >= 11 is 0. The molecule has 178 valence electrons. The van der Waals surface area contributed by atoms with Gasteiger partial charge in [0.2, 0.25) is 5.95 Å². The van der Waals surface area contributed by atoms with Gasteiger partial charge in [0.1, 0.15) is 5.69 Å². The fraction of sp³-hybridized carbons (Fsp3) is 0.455. The van der Waals surface area contributed by atoms with Gasteiger partial charge >= 0.3 is 12.4 Å². The van der Waals surface area contributed by atoms with Crippen molar-refractivity contribution in [2.45, 2.75) is 63.0 Å². The minimum absolute atomic E-state index is 0.0550. The summed E-state index contributed by atoms with van der Waals surface area (Å²) in [6.07, 6.45) is -5.87. The Morgan fingerprint density at radius 1 is 1.03 bits per heavy atom. The van der Waals surface area contributed by atoms with Crippen LogP contribution in [0.2, 0.25) is 0 Å². The number of hydrogen-bond donors (Lipinski definition) is 2. The first-order valence-corrected chi connectivity index (χ1v) is 10.6. The summed E-state index contributed by atoms with van der Waals surface area (Å²) in [5.74, 6) is 0.349. The van der Waals surface area contributed by atoms with E-state index in [2.05, 4.69) is 15.5 Å². The van der Waals surface area contributed by atoms with Crippen molar-refractivity contribution in [3.8, 4) is 11.3 Å². The van der Waals surface area contributed by atoms with Crippen LogP contribution in [0.3, 0.4) is 0 Å². The van der Waals surface area contributed by atoms with E-state index in [0.29, 0.717) is 24.0 Å². The van der Waals surface area contributed by atoms with E-state index in [-0.39, 0.29) is 17.3 Å². The number of nitrogens with zero attached hydrogens (tertiary/aromatic N) is 3. The quantitative estimate of drug-likeness (QED) is 0.382. The highest BCUT2D eigenvalue weighted by Gasteiger charge is 2.34. The summed E-state index contributed by atoms with van der Waals surface area (Å²) in [6.45, 7) is 0. The van der Waals surface area contributed by atoms with Crippen LogP contribution in [0.1, 0.15) is 43.2 Å². The molecule has 1 unspecified atom stereocenters. The molecule has 5 nitrogen and oxygen atoms in total. The summed E-state index contributed by atoms with van der Waals surface area (Å²) in [7, 11) is 0. The lowest BCUT2D eigenvalue weighted by molar-refractivity contribution is -0.138. The minimum Gasteiger partial charge on any atom is -0.393 e. The first-order valence-electron chi connectivity index (χ1n) is 10.6. The second-order valence-corrected chi connectivity index (χ2v) is 8.31. The molecule has 0 saturated heterocycles. The number of rotatable bonds is 4. The van der Waals surface area contributed by atoms with Gasteiger partial charge in [-0.05, 0) is 49.1 Å². The van der Waals surface area contributed by atoms with Crippen molar-refractivity contribution >= 4 is 11.5 Å². The van der Waals surface area contributed by atoms with Gasteiger partial charge in [-0.2, -0.15) is 26.3 Å². The normalized spacial score (nSPS) is 20.1. The third-order valence-electron chi connectivity index (χ3n) is 5.77. The molecule has 3 aromatic rings. The molecule has 0 amide bonds. The molecule has 2 atom stereocenters. The molecular weight excluding hydrogens is 450 g/mol. The van der Waals surface area contributed by atoms with Gasteiger partial charge in [-0.25, -0.2) is 0 Å². The highest BCUT2D eigenvalue weighted by Crippen LogP contribution is 2.37.